The Morgan fingerprint density at radius 3 is 2.20 bits per heavy atom. The molecule has 0 aromatic heterocycles. The van der Waals surface area contributed by atoms with E-state index in [9.17, 15) is 5.11 Å². The molecule has 2 N–H and O–H groups in total. The van der Waals surface area contributed by atoms with E-state index in [0.717, 1.165) is 12.1 Å². The maximum Gasteiger partial charge on any atom is 0.160 e. The van der Waals surface area contributed by atoms with Crippen LogP contribution in [0, 0.1) is 17.8 Å². The lowest BCUT2D eigenvalue weighted by molar-refractivity contribution is 0.268. The first-order valence-electron chi connectivity index (χ1n) is 7.47. The smallest absolute Gasteiger partial charge is 0.160 e. The molecule has 3 heteroatoms. The maximum atomic E-state index is 9.64. The molecule has 0 saturated heterocycles. The summed E-state index contributed by atoms with van der Waals surface area (Å²) in [6, 6.07) is 5.76. The number of nitrogens with one attached hydrogen (secondary N) is 1. The Morgan fingerprint density at radius 2 is 1.70 bits per heavy atom. The maximum absolute atomic E-state index is 9.64. The molecule has 0 radical (unpaired) electrons. The zero-order valence-electron chi connectivity index (χ0n) is 13.6. The summed E-state index contributed by atoms with van der Waals surface area (Å²) in [5, 5.41) is 13.2. The second-order valence-electron chi connectivity index (χ2n) is 6.21. The summed E-state index contributed by atoms with van der Waals surface area (Å²) in [6.45, 7) is 12.3. The van der Waals surface area contributed by atoms with Crippen molar-refractivity contribution in [3.05, 3.63) is 23.8 Å². The van der Waals surface area contributed by atoms with Gasteiger partial charge in [0, 0.05) is 6.04 Å². The molecule has 1 atom stereocenters. The Hall–Kier alpha value is -1.22. The first kappa shape index (κ1) is 16.8. The molecule has 0 fully saturated rings. The summed E-state index contributed by atoms with van der Waals surface area (Å²) < 4.78 is 5.16. The number of ether oxygens (including phenoxy) is 1. The Balaban J connectivity index is 2.69. The summed E-state index contributed by atoms with van der Waals surface area (Å²) in [4.78, 5) is 0. The number of phenolic OH excluding ortho intramolecular Hbond substituents is 1. The fourth-order valence-corrected chi connectivity index (χ4v) is 2.64. The standard InChI is InChI=1S/C17H29NO2/c1-11(2)15(12(3)4)10-18-13(5)14-7-8-16(19)17(9-14)20-6/h7-9,11-13,15,18-19H,10H2,1-6H3. The molecule has 0 bridgehead atoms. The largest absolute Gasteiger partial charge is 0.504 e. The normalized spacial score (nSPS) is 13.2. The van der Waals surface area contributed by atoms with Crippen LogP contribution in [-0.2, 0) is 0 Å². The first-order valence-corrected chi connectivity index (χ1v) is 7.47. The highest BCUT2D eigenvalue weighted by atomic mass is 16.5. The summed E-state index contributed by atoms with van der Waals surface area (Å²) in [5.41, 5.74) is 1.13. The van der Waals surface area contributed by atoms with Crippen molar-refractivity contribution in [3.63, 3.8) is 0 Å². The molecule has 0 amide bonds. The first-order chi connectivity index (χ1) is 9.36. The number of methoxy groups -OCH3 is 1. The van der Waals surface area contributed by atoms with Crippen LogP contribution in [0.3, 0.4) is 0 Å². The average molecular weight is 279 g/mol. The van der Waals surface area contributed by atoms with Crippen molar-refractivity contribution >= 4 is 0 Å². The average Bonchev–Trinajstić information content (AvgIpc) is 2.38. The van der Waals surface area contributed by atoms with Crippen LogP contribution in [0.1, 0.15) is 46.2 Å². The molecular formula is C17H29NO2. The van der Waals surface area contributed by atoms with Crippen LogP contribution < -0.4 is 10.1 Å². The summed E-state index contributed by atoms with van der Waals surface area (Å²) in [5.74, 6) is 2.72. The Kier molecular flexibility index (Phi) is 6.34. The Labute approximate surface area is 123 Å². The topological polar surface area (TPSA) is 41.5 Å². The van der Waals surface area contributed by atoms with E-state index < -0.39 is 0 Å². The van der Waals surface area contributed by atoms with Crippen LogP contribution in [0.25, 0.3) is 0 Å². The molecule has 0 aliphatic heterocycles. The second-order valence-corrected chi connectivity index (χ2v) is 6.21. The Bertz CT molecular complexity index is 407. The molecule has 1 aromatic rings. The van der Waals surface area contributed by atoms with Crippen molar-refractivity contribution in [3.8, 4) is 11.5 Å². The highest BCUT2D eigenvalue weighted by molar-refractivity contribution is 5.42. The molecule has 20 heavy (non-hydrogen) atoms. The van der Waals surface area contributed by atoms with Crippen molar-refractivity contribution in [2.45, 2.75) is 40.7 Å². The van der Waals surface area contributed by atoms with Gasteiger partial charge in [0.1, 0.15) is 0 Å². The van der Waals surface area contributed by atoms with Crippen molar-refractivity contribution in [2.24, 2.45) is 17.8 Å². The van der Waals surface area contributed by atoms with Gasteiger partial charge in [0.15, 0.2) is 11.5 Å². The lowest BCUT2D eigenvalue weighted by atomic mass is 9.85. The van der Waals surface area contributed by atoms with Gasteiger partial charge < -0.3 is 15.2 Å². The van der Waals surface area contributed by atoms with Crippen LogP contribution in [-0.4, -0.2) is 18.8 Å². The van der Waals surface area contributed by atoms with Crippen LogP contribution in [0.15, 0.2) is 18.2 Å². The highest BCUT2D eigenvalue weighted by Crippen LogP contribution is 2.29. The van der Waals surface area contributed by atoms with E-state index in [-0.39, 0.29) is 11.8 Å². The minimum absolute atomic E-state index is 0.186. The van der Waals surface area contributed by atoms with Crippen molar-refractivity contribution in [1.82, 2.24) is 5.32 Å². The molecular weight excluding hydrogens is 250 g/mol. The second kappa shape index (κ2) is 7.53. The molecule has 1 unspecified atom stereocenters. The van der Waals surface area contributed by atoms with Crippen LogP contribution >= 0.6 is 0 Å². The molecule has 114 valence electrons. The number of hydrogen-bond donors (Lipinski definition) is 2. The van der Waals surface area contributed by atoms with Gasteiger partial charge in [-0.25, -0.2) is 0 Å². The predicted octanol–water partition coefficient (Wildman–Crippen LogP) is 3.98. The molecule has 1 aromatic carbocycles. The summed E-state index contributed by atoms with van der Waals surface area (Å²) in [6.07, 6.45) is 0. The van der Waals surface area contributed by atoms with Gasteiger partial charge in [0.05, 0.1) is 7.11 Å². The SMILES string of the molecule is COc1cc(C(C)NCC(C(C)C)C(C)C)ccc1O. The van der Waals surface area contributed by atoms with Crippen molar-refractivity contribution in [2.75, 3.05) is 13.7 Å². The molecule has 0 aliphatic rings. The van der Waals surface area contributed by atoms with Gasteiger partial charge in [-0.05, 0) is 48.9 Å². The zero-order chi connectivity index (χ0) is 15.3. The molecule has 1 rings (SSSR count). The highest BCUT2D eigenvalue weighted by Gasteiger charge is 2.18. The van der Waals surface area contributed by atoms with E-state index in [0.29, 0.717) is 23.5 Å². The third-order valence-electron chi connectivity index (χ3n) is 4.08. The van der Waals surface area contributed by atoms with E-state index in [2.05, 4.69) is 39.9 Å². The molecule has 0 spiro atoms. The minimum Gasteiger partial charge on any atom is -0.504 e. The predicted molar refractivity (Wildman–Crippen MR) is 84.2 cm³/mol. The van der Waals surface area contributed by atoms with Gasteiger partial charge in [-0.15, -0.1) is 0 Å². The van der Waals surface area contributed by atoms with Crippen molar-refractivity contribution < 1.29 is 9.84 Å². The fraction of sp³-hybridized carbons (Fsp3) is 0.647. The van der Waals surface area contributed by atoms with E-state index in [1.54, 1.807) is 13.2 Å². The van der Waals surface area contributed by atoms with Gasteiger partial charge >= 0.3 is 0 Å². The van der Waals surface area contributed by atoms with Gasteiger partial charge in [-0.2, -0.15) is 0 Å². The monoisotopic (exact) mass is 279 g/mol. The summed E-state index contributed by atoms with van der Waals surface area (Å²) in [7, 11) is 1.57. The quantitative estimate of drug-likeness (QED) is 0.793. The third kappa shape index (κ3) is 4.41. The molecule has 0 saturated carbocycles. The molecule has 0 heterocycles. The van der Waals surface area contributed by atoms with Crippen LogP contribution in [0.2, 0.25) is 0 Å². The lowest BCUT2D eigenvalue weighted by Crippen LogP contribution is -2.31. The Morgan fingerprint density at radius 1 is 1.10 bits per heavy atom. The third-order valence-corrected chi connectivity index (χ3v) is 4.08. The number of hydrogen-bond acceptors (Lipinski definition) is 3. The number of benzene rings is 1. The molecule has 0 aliphatic carbocycles. The summed E-state index contributed by atoms with van der Waals surface area (Å²) >= 11 is 0. The minimum atomic E-state index is 0.186. The van der Waals surface area contributed by atoms with E-state index in [1.165, 1.54) is 0 Å². The fourth-order valence-electron chi connectivity index (χ4n) is 2.64. The van der Waals surface area contributed by atoms with E-state index in [1.807, 2.05) is 12.1 Å². The van der Waals surface area contributed by atoms with E-state index in [4.69, 9.17) is 4.74 Å². The van der Waals surface area contributed by atoms with Gasteiger partial charge in [0.25, 0.3) is 0 Å². The number of aromatic hydroxyl groups is 1. The zero-order valence-corrected chi connectivity index (χ0v) is 13.6. The van der Waals surface area contributed by atoms with Gasteiger partial charge in [0.2, 0.25) is 0 Å². The lowest BCUT2D eigenvalue weighted by Gasteiger charge is -2.27. The van der Waals surface area contributed by atoms with Crippen LogP contribution in [0.4, 0.5) is 0 Å². The molecule has 3 nitrogen and oxygen atoms in total. The number of rotatable bonds is 7. The van der Waals surface area contributed by atoms with E-state index >= 15 is 0 Å². The number of phenols is 1. The van der Waals surface area contributed by atoms with Gasteiger partial charge in [-0.3, -0.25) is 0 Å². The van der Waals surface area contributed by atoms with Crippen molar-refractivity contribution in [1.29, 1.82) is 0 Å². The van der Waals surface area contributed by atoms with Crippen LogP contribution in [0.5, 0.6) is 11.5 Å². The van der Waals surface area contributed by atoms with Gasteiger partial charge in [-0.1, -0.05) is 33.8 Å².